The second-order valence-electron chi connectivity index (χ2n) is 27.8. The fourth-order valence-electron chi connectivity index (χ4n) is 13.0. The van der Waals surface area contributed by atoms with Crippen LogP contribution in [0.25, 0.3) is 0 Å². The molecule has 0 spiro atoms. The summed E-state index contributed by atoms with van der Waals surface area (Å²) in [5.74, 6) is 0.747. The molecule has 0 radical (unpaired) electrons. The molecule has 0 bridgehead atoms. The number of carboxylic acid groups (broad SMARTS) is 2. The summed E-state index contributed by atoms with van der Waals surface area (Å²) in [6.07, 6.45) is 33.6. The van der Waals surface area contributed by atoms with Gasteiger partial charge in [-0.15, -0.1) is 0 Å². The summed E-state index contributed by atoms with van der Waals surface area (Å²) in [7, 11) is 0. The number of nitrogens with zero attached hydrogens (tertiary/aromatic N) is 4. The number of benzene rings is 2. The van der Waals surface area contributed by atoms with Gasteiger partial charge in [0.1, 0.15) is 11.5 Å². The first-order chi connectivity index (χ1) is 37.8. The first-order valence-electron chi connectivity index (χ1n) is 33.3. The van der Waals surface area contributed by atoms with Crippen LogP contribution >= 0.6 is 0 Å². The van der Waals surface area contributed by atoms with Gasteiger partial charge in [0, 0.05) is 52.0 Å². The molecule has 1 aliphatic carbocycles. The minimum atomic E-state index is -1.83. The molecule has 4 N–H and O–H groups in total. The molecular weight excluding hydrogens is 1080 g/mol. The van der Waals surface area contributed by atoms with Gasteiger partial charge in [-0.1, -0.05) is 200 Å². The largest absolute Gasteiger partial charge is 0.507 e. The number of hydrogen-bond donors (Lipinski definition) is 4. The van der Waals surface area contributed by atoms with Gasteiger partial charge in [0.05, 0.1) is 64.4 Å². The number of hydrogen-bond acceptors (Lipinski definition) is 5. The molecule has 0 aliphatic heterocycles. The van der Waals surface area contributed by atoms with Gasteiger partial charge in [0.25, 0.3) is 0 Å². The topological polar surface area (TPSA) is 123 Å². The van der Waals surface area contributed by atoms with Crippen LogP contribution in [0.1, 0.15) is 311 Å². The Hall–Kier alpha value is -2.90. The van der Waals surface area contributed by atoms with E-state index in [1.165, 1.54) is 188 Å². The Bertz CT molecular complexity index is 2010. The van der Waals surface area contributed by atoms with Crippen molar-refractivity contribution in [1.29, 1.82) is 0 Å². The van der Waals surface area contributed by atoms with Crippen LogP contribution in [0.2, 0.25) is 0 Å². The van der Waals surface area contributed by atoms with Crippen molar-refractivity contribution < 1.29 is 51.5 Å². The predicted octanol–water partition coefficient (Wildman–Crippen LogP) is 21.0. The maximum atomic E-state index is 12.4. The van der Waals surface area contributed by atoms with Crippen LogP contribution in [-0.2, 0) is 39.0 Å². The van der Waals surface area contributed by atoms with Crippen LogP contribution in [0.4, 0.5) is 4.79 Å². The SMILES string of the molecule is CCCCC(C)(CCCC)c1cc(C=NC2CCCCC2N=Cc2cc(C(C)(CCC[N+](CCCC)(CCCC)CCCC)CCC[N+](CCCC)(CCCC)CCCC)cc(C(C)(C)C)c2O)c(O)c(C(C)(C)C)c1.O=C(O)O.[CH3-].[CH3-].[CH3-].[Cr]. The Labute approximate surface area is 532 Å². The number of phenolic OH excluding ortho intramolecular Hbond substituents is 2. The maximum absolute atomic E-state index is 12.4. The Morgan fingerprint density at radius 2 is 0.690 bits per heavy atom. The molecule has 84 heavy (non-hydrogen) atoms. The molecule has 9 nitrogen and oxygen atoms in total. The van der Waals surface area contributed by atoms with Gasteiger partial charge in [-0.2, -0.15) is 0 Å². The van der Waals surface area contributed by atoms with E-state index in [9.17, 15) is 10.2 Å². The van der Waals surface area contributed by atoms with Crippen molar-refractivity contribution in [3.05, 3.63) is 79.9 Å². The van der Waals surface area contributed by atoms with E-state index < -0.39 is 6.16 Å². The minimum absolute atomic E-state index is 0. The number of carbonyl (C=O) groups is 1. The monoisotopic (exact) mass is 1210 g/mol. The zero-order valence-corrected chi connectivity index (χ0v) is 59.8. The summed E-state index contributed by atoms with van der Waals surface area (Å²) in [5.41, 5.74) is 5.99. The summed E-state index contributed by atoms with van der Waals surface area (Å²) in [6, 6.07) is 9.37. The second-order valence-corrected chi connectivity index (χ2v) is 27.8. The normalized spacial score (nSPS) is 15.2. The van der Waals surface area contributed by atoms with Crippen LogP contribution in [-0.4, -0.2) is 112 Å². The van der Waals surface area contributed by atoms with E-state index in [2.05, 4.69) is 135 Å². The third kappa shape index (κ3) is 28.5. The van der Waals surface area contributed by atoms with Crippen LogP contribution in [0.5, 0.6) is 11.5 Å². The molecule has 3 rings (SSSR count). The third-order valence-electron chi connectivity index (χ3n) is 18.6. The van der Waals surface area contributed by atoms with Gasteiger partial charge >= 0.3 is 6.16 Å². The molecule has 1 aliphatic rings. The number of phenols is 2. The fraction of sp³-hybridized carbons (Fsp3) is 0.757. The van der Waals surface area contributed by atoms with Gasteiger partial charge in [0.2, 0.25) is 0 Å². The van der Waals surface area contributed by atoms with E-state index >= 15 is 0 Å². The first-order valence-corrected chi connectivity index (χ1v) is 33.3. The standard InChI is InChI=1S/C70H124N4O2.CH2O3.3CH3.Cr/c1-17-25-39-69(15,40-26-18-2)59-51-57(65(75)61(53-59)67(9,10)11)55-71-63-37-33-34-38-64(63)72-56-58-52-60(54-62(66(58)76)68(12,13)14)70(16,41-35-49-73(43-27-19-3,44-28-20-4)45-29-21-5)42-36-50-74(46-30-22-6,47-31-23-7)48-32-24-8;2-1(3)4;;;;/h51-56,63-64H,17-50H2,1-16H3;(H2,2,3,4);3*1H3;/q;;3*-1;/p+2. The molecule has 1 saturated carbocycles. The Morgan fingerprint density at radius 3 is 0.929 bits per heavy atom. The van der Waals surface area contributed by atoms with Gasteiger partial charge in [-0.05, 0) is 135 Å². The fourth-order valence-corrected chi connectivity index (χ4v) is 13.0. The van der Waals surface area contributed by atoms with Gasteiger partial charge in [-0.25, -0.2) is 4.79 Å². The van der Waals surface area contributed by atoms with Crippen molar-refractivity contribution in [2.75, 3.05) is 52.4 Å². The van der Waals surface area contributed by atoms with E-state index in [4.69, 9.17) is 25.0 Å². The molecule has 0 amide bonds. The number of aromatic hydroxyl groups is 2. The average Bonchev–Trinajstić information content (AvgIpc) is 3.44. The van der Waals surface area contributed by atoms with Crippen LogP contribution in [0, 0.1) is 22.3 Å². The van der Waals surface area contributed by atoms with Crippen LogP contribution in [0.3, 0.4) is 0 Å². The Balaban J connectivity index is -0.00000793. The Kier molecular flexibility index (Phi) is 43.6. The first kappa shape index (κ1) is 85.3. The number of rotatable bonds is 38. The molecular formula is C74H137CrN4O5-. The zero-order chi connectivity index (χ0) is 60.0. The summed E-state index contributed by atoms with van der Waals surface area (Å²) in [4.78, 5) is 19.4. The van der Waals surface area contributed by atoms with Gasteiger partial charge < -0.3 is 51.7 Å². The molecule has 2 aromatic rings. The van der Waals surface area contributed by atoms with E-state index in [0.29, 0.717) is 11.5 Å². The zero-order valence-electron chi connectivity index (χ0n) is 58.6. The van der Waals surface area contributed by atoms with Gasteiger partial charge in [-0.3, -0.25) is 9.98 Å². The summed E-state index contributed by atoms with van der Waals surface area (Å²) >= 11 is 0. The minimum Gasteiger partial charge on any atom is -0.507 e. The summed E-state index contributed by atoms with van der Waals surface area (Å²) < 4.78 is 2.56. The predicted molar refractivity (Wildman–Crippen MR) is 366 cm³/mol. The molecule has 0 aromatic heterocycles. The molecule has 2 unspecified atom stereocenters. The number of quaternary nitrogens is 2. The van der Waals surface area contributed by atoms with Gasteiger partial charge in [0.15, 0.2) is 0 Å². The van der Waals surface area contributed by atoms with Crippen molar-refractivity contribution in [2.24, 2.45) is 9.98 Å². The Morgan fingerprint density at radius 1 is 0.452 bits per heavy atom. The van der Waals surface area contributed by atoms with E-state index in [1.54, 1.807) is 0 Å². The van der Waals surface area contributed by atoms with Crippen LogP contribution < -0.4 is 0 Å². The summed E-state index contributed by atoms with van der Waals surface area (Å²) in [5, 5.41) is 38.3. The van der Waals surface area contributed by atoms with E-state index in [1.807, 2.05) is 12.4 Å². The van der Waals surface area contributed by atoms with Crippen molar-refractivity contribution in [3.63, 3.8) is 0 Å². The molecule has 0 heterocycles. The van der Waals surface area contributed by atoms with Crippen molar-refractivity contribution >= 4 is 18.6 Å². The third-order valence-corrected chi connectivity index (χ3v) is 18.6. The molecule has 2 aromatic carbocycles. The number of aliphatic imine (C=N–C) groups is 2. The molecule has 2 atom stereocenters. The summed E-state index contributed by atoms with van der Waals surface area (Å²) in [6.45, 7) is 47.7. The van der Waals surface area contributed by atoms with E-state index in [-0.39, 0.29) is 73.4 Å². The second kappa shape index (κ2) is 42.9. The smallest absolute Gasteiger partial charge is 0.503 e. The van der Waals surface area contributed by atoms with Crippen molar-refractivity contribution in [2.45, 2.75) is 311 Å². The molecule has 1 fully saturated rings. The number of unbranched alkanes of at least 4 members (excludes halogenated alkanes) is 8. The average molecular weight is 1210 g/mol. The molecule has 0 saturated heterocycles. The molecule has 490 valence electrons. The quantitative estimate of drug-likeness (QED) is 0.0303. The van der Waals surface area contributed by atoms with E-state index in [0.717, 1.165) is 73.6 Å². The van der Waals surface area contributed by atoms with Crippen molar-refractivity contribution in [1.82, 2.24) is 0 Å². The maximum Gasteiger partial charge on any atom is 0.503 e. The van der Waals surface area contributed by atoms with Crippen molar-refractivity contribution in [3.8, 4) is 11.5 Å². The molecule has 10 heteroatoms. The van der Waals surface area contributed by atoms with Crippen LogP contribution in [0.15, 0.2) is 34.3 Å².